The summed E-state index contributed by atoms with van der Waals surface area (Å²) in [7, 11) is 0. The van der Waals surface area contributed by atoms with E-state index in [2.05, 4.69) is 27.3 Å². The van der Waals surface area contributed by atoms with Crippen molar-refractivity contribution in [1.82, 2.24) is 15.2 Å². The highest BCUT2D eigenvalue weighted by Crippen LogP contribution is 2.25. The second kappa shape index (κ2) is 9.29. The molecule has 2 aliphatic carbocycles. The molecule has 2 saturated carbocycles. The Labute approximate surface area is 179 Å². The number of benzene rings is 1. The van der Waals surface area contributed by atoms with Crippen LogP contribution in [0.15, 0.2) is 29.1 Å². The number of H-pyrrole nitrogens is 1. The molecule has 4 rings (SSSR count). The van der Waals surface area contributed by atoms with Crippen molar-refractivity contribution in [3.8, 4) is 0 Å². The molecular weight excluding hydrogens is 378 g/mol. The lowest BCUT2D eigenvalue weighted by molar-refractivity contribution is 0.230. The highest BCUT2D eigenvalue weighted by Gasteiger charge is 2.26. The van der Waals surface area contributed by atoms with E-state index in [0.29, 0.717) is 18.6 Å². The summed E-state index contributed by atoms with van der Waals surface area (Å²) >= 11 is 5.90. The maximum Gasteiger partial charge on any atom is 0.253 e. The summed E-state index contributed by atoms with van der Waals surface area (Å²) in [6.45, 7) is 2.63. The van der Waals surface area contributed by atoms with Crippen LogP contribution in [-0.4, -0.2) is 27.1 Å². The normalized spacial score (nSPS) is 18.7. The molecule has 0 atom stereocenters. The van der Waals surface area contributed by atoms with E-state index < -0.39 is 0 Å². The lowest BCUT2D eigenvalue weighted by atomic mass is 9.93. The molecule has 156 valence electrons. The van der Waals surface area contributed by atoms with E-state index >= 15 is 0 Å². The van der Waals surface area contributed by atoms with Crippen molar-refractivity contribution in [2.24, 2.45) is 0 Å². The summed E-state index contributed by atoms with van der Waals surface area (Å²) in [6.07, 6.45) is 12.5. The van der Waals surface area contributed by atoms with Crippen LogP contribution in [0.25, 0.3) is 10.9 Å². The molecule has 2 N–H and O–H groups in total. The van der Waals surface area contributed by atoms with Gasteiger partial charge in [0.25, 0.3) is 5.56 Å². The molecule has 0 radical (unpaired) electrons. The van der Waals surface area contributed by atoms with Crippen molar-refractivity contribution >= 4 is 28.2 Å². The van der Waals surface area contributed by atoms with Gasteiger partial charge in [-0.25, -0.2) is 0 Å². The van der Waals surface area contributed by atoms with Gasteiger partial charge >= 0.3 is 0 Å². The molecule has 1 aromatic heterocycles. The fraction of sp³-hybridized carbons (Fsp3) is 0.583. The smallest absolute Gasteiger partial charge is 0.253 e. The van der Waals surface area contributed by atoms with E-state index in [1.165, 1.54) is 51.4 Å². The van der Waals surface area contributed by atoms with E-state index in [1.54, 1.807) is 0 Å². The average molecular weight is 412 g/mol. The molecule has 0 saturated heterocycles. The van der Waals surface area contributed by atoms with Gasteiger partial charge in [-0.2, -0.15) is 0 Å². The van der Waals surface area contributed by atoms with Crippen LogP contribution in [0.1, 0.15) is 75.3 Å². The monoisotopic (exact) mass is 411 g/mol. The van der Waals surface area contributed by atoms with Crippen molar-refractivity contribution in [3.63, 3.8) is 0 Å². The minimum atomic E-state index is 0.00405. The van der Waals surface area contributed by atoms with Gasteiger partial charge < -0.3 is 15.2 Å². The first-order valence-corrected chi connectivity index (χ1v) is 11.7. The molecule has 0 bridgehead atoms. The summed E-state index contributed by atoms with van der Waals surface area (Å²) in [5.41, 5.74) is 2.87. The van der Waals surface area contributed by atoms with Crippen molar-refractivity contribution in [3.05, 3.63) is 45.7 Å². The second-order valence-electron chi connectivity index (χ2n) is 8.92. The summed E-state index contributed by atoms with van der Waals surface area (Å²) in [4.78, 5) is 18.2. The topological polar surface area (TPSA) is 48.1 Å². The predicted molar refractivity (Wildman–Crippen MR) is 124 cm³/mol. The standard InChI is InChI=1S/C24H33N3OS/c1-17-12-13-18-15-19(23(28)26-22(18)14-17)16-27(21-10-6-3-7-11-21)24(29)25-20-8-4-2-5-9-20/h12-15,20-21H,2-11,16H2,1H3,(H,25,29)(H,26,28). The Balaban J connectivity index is 1.58. The molecule has 2 aromatic rings. The van der Waals surface area contributed by atoms with Crippen molar-refractivity contribution < 1.29 is 0 Å². The zero-order chi connectivity index (χ0) is 20.2. The first-order valence-electron chi connectivity index (χ1n) is 11.3. The van der Waals surface area contributed by atoms with Gasteiger partial charge in [-0.15, -0.1) is 0 Å². The van der Waals surface area contributed by atoms with Crippen LogP contribution in [0.3, 0.4) is 0 Å². The number of hydrogen-bond acceptors (Lipinski definition) is 2. The summed E-state index contributed by atoms with van der Waals surface area (Å²) in [6, 6.07) is 9.19. The zero-order valence-corrected chi connectivity index (χ0v) is 18.3. The molecule has 1 heterocycles. The number of nitrogens with zero attached hydrogens (tertiary/aromatic N) is 1. The first-order chi connectivity index (χ1) is 14.1. The van der Waals surface area contributed by atoms with E-state index in [0.717, 1.165) is 40.0 Å². The van der Waals surface area contributed by atoms with Gasteiger partial charge in [0.1, 0.15) is 0 Å². The van der Waals surface area contributed by atoms with Gasteiger partial charge in [0.2, 0.25) is 0 Å². The lowest BCUT2D eigenvalue weighted by Crippen LogP contribution is -2.50. The number of nitrogens with one attached hydrogen (secondary N) is 2. The number of aryl methyl sites for hydroxylation is 1. The Morgan fingerprint density at radius 2 is 1.76 bits per heavy atom. The quantitative estimate of drug-likeness (QED) is 0.681. The van der Waals surface area contributed by atoms with Gasteiger partial charge in [0.05, 0.1) is 6.54 Å². The fourth-order valence-electron chi connectivity index (χ4n) is 4.92. The highest BCUT2D eigenvalue weighted by molar-refractivity contribution is 7.80. The molecule has 5 heteroatoms. The van der Waals surface area contributed by atoms with Gasteiger partial charge in [-0.3, -0.25) is 4.79 Å². The predicted octanol–water partition coefficient (Wildman–Crippen LogP) is 5.18. The Bertz CT molecular complexity index is 910. The third-order valence-corrected chi connectivity index (χ3v) is 6.98. The van der Waals surface area contributed by atoms with E-state index in [1.807, 2.05) is 19.1 Å². The summed E-state index contributed by atoms with van der Waals surface area (Å²) in [5.74, 6) is 0. The number of pyridine rings is 1. The highest BCUT2D eigenvalue weighted by atomic mass is 32.1. The van der Waals surface area contributed by atoms with Crippen LogP contribution in [0.4, 0.5) is 0 Å². The Morgan fingerprint density at radius 1 is 1.07 bits per heavy atom. The molecule has 0 unspecified atom stereocenters. The number of aromatic amines is 1. The number of aromatic nitrogens is 1. The Morgan fingerprint density at radius 3 is 2.48 bits per heavy atom. The molecule has 4 nitrogen and oxygen atoms in total. The van der Waals surface area contributed by atoms with E-state index in [-0.39, 0.29) is 5.56 Å². The number of thiocarbonyl (C=S) groups is 1. The third kappa shape index (κ3) is 5.00. The van der Waals surface area contributed by atoms with Gasteiger partial charge in [-0.05, 0) is 67.9 Å². The summed E-state index contributed by atoms with van der Waals surface area (Å²) < 4.78 is 0. The molecule has 2 aliphatic rings. The van der Waals surface area contributed by atoms with Crippen LogP contribution in [0, 0.1) is 6.92 Å². The fourth-order valence-corrected chi connectivity index (χ4v) is 5.31. The second-order valence-corrected chi connectivity index (χ2v) is 9.31. The molecular formula is C24H33N3OS. The minimum absolute atomic E-state index is 0.00405. The van der Waals surface area contributed by atoms with Crippen LogP contribution < -0.4 is 10.9 Å². The zero-order valence-electron chi connectivity index (χ0n) is 17.5. The number of rotatable bonds is 4. The van der Waals surface area contributed by atoms with Crippen LogP contribution in [0.5, 0.6) is 0 Å². The van der Waals surface area contributed by atoms with Gasteiger partial charge in [0, 0.05) is 23.2 Å². The van der Waals surface area contributed by atoms with Crippen LogP contribution in [0.2, 0.25) is 0 Å². The first kappa shape index (κ1) is 20.4. The van der Waals surface area contributed by atoms with Crippen LogP contribution in [-0.2, 0) is 6.54 Å². The van der Waals surface area contributed by atoms with Crippen molar-refractivity contribution in [1.29, 1.82) is 0 Å². The molecule has 2 fully saturated rings. The average Bonchev–Trinajstić information content (AvgIpc) is 2.73. The molecule has 29 heavy (non-hydrogen) atoms. The van der Waals surface area contributed by atoms with Gasteiger partial charge in [-0.1, -0.05) is 50.7 Å². The van der Waals surface area contributed by atoms with E-state index in [4.69, 9.17) is 12.2 Å². The maximum absolute atomic E-state index is 12.8. The van der Waals surface area contributed by atoms with Crippen molar-refractivity contribution in [2.75, 3.05) is 0 Å². The third-order valence-electron chi connectivity index (χ3n) is 6.63. The number of hydrogen-bond donors (Lipinski definition) is 2. The molecule has 0 aliphatic heterocycles. The Hall–Kier alpha value is -1.88. The summed E-state index contributed by atoms with van der Waals surface area (Å²) in [5, 5.41) is 5.57. The molecule has 0 amide bonds. The van der Waals surface area contributed by atoms with E-state index in [9.17, 15) is 4.79 Å². The number of fused-ring (bicyclic) bond motifs is 1. The minimum Gasteiger partial charge on any atom is -0.360 e. The SMILES string of the molecule is Cc1ccc2cc(CN(C(=S)NC3CCCCC3)C3CCCCC3)c(=O)[nH]c2c1. The maximum atomic E-state index is 12.8. The lowest BCUT2D eigenvalue weighted by Gasteiger charge is -2.38. The Kier molecular flexibility index (Phi) is 6.53. The molecule has 0 spiro atoms. The van der Waals surface area contributed by atoms with Crippen LogP contribution >= 0.6 is 12.2 Å². The molecule has 1 aromatic carbocycles. The van der Waals surface area contributed by atoms with Crippen molar-refractivity contribution in [2.45, 2.75) is 89.8 Å². The largest absolute Gasteiger partial charge is 0.360 e. The van der Waals surface area contributed by atoms with Gasteiger partial charge in [0.15, 0.2) is 5.11 Å².